The van der Waals surface area contributed by atoms with Crippen molar-refractivity contribution in [2.24, 2.45) is 0 Å². The molecule has 1 nitrogen and oxygen atoms in total. The van der Waals surface area contributed by atoms with Crippen LogP contribution in [0.3, 0.4) is 0 Å². The van der Waals surface area contributed by atoms with Crippen LogP contribution in [0, 0.1) is 0 Å². The zero-order valence-electron chi connectivity index (χ0n) is 13.5. The molecule has 0 radical (unpaired) electrons. The average Bonchev–Trinajstić information content (AvgIpc) is 2.48. The second kappa shape index (κ2) is 11.8. The fourth-order valence-electron chi connectivity index (χ4n) is 2.40. The van der Waals surface area contributed by atoms with E-state index in [2.05, 4.69) is 38.1 Å². The average molecular weight is 276 g/mol. The van der Waals surface area contributed by atoms with E-state index < -0.39 is 0 Å². The molecule has 0 aliphatic carbocycles. The van der Waals surface area contributed by atoms with Gasteiger partial charge in [0.15, 0.2) is 0 Å². The van der Waals surface area contributed by atoms with Crippen LogP contribution in [0.2, 0.25) is 0 Å². The second-order valence-corrected chi connectivity index (χ2v) is 5.72. The monoisotopic (exact) mass is 276 g/mol. The van der Waals surface area contributed by atoms with Crippen LogP contribution in [0.4, 0.5) is 0 Å². The van der Waals surface area contributed by atoms with Crippen molar-refractivity contribution in [3.8, 4) is 5.75 Å². The molecular weight excluding hydrogens is 244 g/mol. The Hall–Kier alpha value is -0.980. The van der Waals surface area contributed by atoms with Gasteiger partial charge in [-0.2, -0.15) is 0 Å². The van der Waals surface area contributed by atoms with Gasteiger partial charge in [-0.05, 0) is 37.0 Å². The van der Waals surface area contributed by atoms with Crippen molar-refractivity contribution in [2.75, 3.05) is 6.61 Å². The molecular formula is C19H32O. The highest BCUT2D eigenvalue weighted by Crippen LogP contribution is 2.15. The van der Waals surface area contributed by atoms with Gasteiger partial charge in [0.1, 0.15) is 5.75 Å². The summed E-state index contributed by atoms with van der Waals surface area (Å²) in [6, 6.07) is 8.70. The maximum absolute atomic E-state index is 5.77. The Bertz CT molecular complexity index is 282. The Kier molecular flexibility index (Phi) is 10.1. The first-order valence-electron chi connectivity index (χ1n) is 8.58. The van der Waals surface area contributed by atoms with E-state index in [0.717, 1.165) is 12.4 Å². The summed E-state index contributed by atoms with van der Waals surface area (Å²) < 4.78 is 5.77. The molecule has 0 aromatic heterocycles. The summed E-state index contributed by atoms with van der Waals surface area (Å²) in [5.41, 5.74) is 1.44. The van der Waals surface area contributed by atoms with Gasteiger partial charge in [0.05, 0.1) is 6.61 Å². The molecule has 0 aliphatic rings. The number of benzene rings is 1. The normalized spacial score (nSPS) is 10.7. The Labute approximate surface area is 125 Å². The van der Waals surface area contributed by atoms with Crippen molar-refractivity contribution in [1.29, 1.82) is 0 Å². The SMILES string of the molecule is CCCCCCCc1ccc(OCCCCCC)cc1. The number of ether oxygens (including phenoxy) is 1. The van der Waals surface area contributed by atoms with Crippen molar-refractivity contribution < 1.29 is 4.74 Å². The molecule has 0 bridgehead atoms. The molecule has 0 aliphatic heterocycles. The van der Waals surface area contributed by atoms with Crippen molar-refractivity contribution in [3.05, 3.63) is 29.8 Å². The highest BCUT2D eigenvalue weighted by molar-refractivity contribution is 5.27. The molecule has 114 valence electrons. The molecule has 0 heterocycles. The molecule has 0 unspecified atom stereocenters. The number of hydrogen-bond acceptors (Lipinski definition) is 1. The third-order valence-electron chi connectivity index (χ3n) is 3.76. The summed E-state index contributed by atoms with van der Waals surface area (Å²) in [5.74, 6) is 1.02. The maximum Gasteiger partial charge on any atom is 0.119 e. The summed E-state index contributed by atoms with van der Waals surface area (Å²) in [6.45, 7) is 5.36. The predicted molar refractivity (Wildman–Crippen MR) is 88.5 cm³/mol. The number of unbranched alkanes of at least 4 members (excludes halogenated alkanes) is 7. The topological polar surface area (TPSA) is 9.23 Å². The number of rotatable bonds is 12. The molecule has 0 amide bonds. The highest BCUT2D eigenvalue weighted by atomic mass is 16.5. The van der Waals surface area contributed by atoms with Crippen LogP contribution < -0.4 is 4.74 Å². The van der Waals surface area contributed by atoms with E-state index in [1.807, 2.05) is 0 Å². The molecule has 0 spiro atoms. The molecule has 0 fully saturated rings. The number of hydrogen-bond donors (Lipinski definition) is 0. The van der Waals surface area contributed by atoms with Crippen LogP contribution in [0.25, 0.3) is 0 Å². The molecule has 1 aromatic rings. The molecule has 1 heteroatoms. The van der Waals surface area contributed by atoms with Crippen LogP contribution in [-0.2, 0) is 6.42 Å². The van der Waals surface area contributed by atoms with E-state index in [9.17, 15) is 0 Å². The summed E-state index contributed by atoms with van der Waals surface area (Å²) >= 11 is 0. The summed E-state index contributed by atoms with van der Waals surface area (Å²) in [7, 11) is 0. The van der Waals surface area contributed by atoms with Gasteiger partial charge in [-0.15, -0.1) is 0 Å². The van der Waals surface area contributed by atoms with Crippen molar-refractivity contribution >= 4 is 0 Å². The quantitative estimate of drug-likeness (QED) is 0.415. The lowest BCUT2D eigenvalue weighted by molar-refractivity contribution is 0.305. The van der Waals surface area contributed by atoms with Crippen molar-refractivity contribution in [2.45, 2.75) is 78.1 Å². The zero-order chi connectivity index (χ0) is 14.5. The first-order chi connectivity index (χ1) is 9.86. The first-order valence-corrected chi connectivity index (χ1v) is 8.58. The van der Waals surface area contributed by atoms with Crippen molar-refractivity contribution in [3.63, 3.8) is 0 Å². The molecule has 0 atom stereocenters. The maximum atomic E-state index is 5.77. The van der Waals surface area contributed by atoms with Gasteiger partial charge in [-0.25, -0.2) is 0 Å². The van der Waals surface area contributed by atoms with Gasteiger partial charge in [0.2, 0.25) is 0 Å². The van der Waals surface area contributed by atoms with Crippen LogP contribution in [0.15, 0.2) is 24.3 Å². The van der Waals surface area contributed by atoms with E-state index in [1.54, 1.807) is 0 Å². The molecule has 0 saturated carbocycles. The standard InChI is InChI=1S/C19H32O/c1-3-5-7-9-10-12-18-13-15-19(16-14-18)20-17-11-8-6-4-2/h13-16H,3-12,17H2,1-2H3. The fourth-order valence-corrected chi connectivity index (χ4v) is 2.40. The van der Waals surface area contributed by atoms with Gasteiger partial charge < -0.3 is 4.74 Å². The number of aryl methyl sites for hydroxylation is 1. The minimum atomic E-state index is 0.858. The summed E-state index contributed by atoms with van der Waals surface area (Å²) in [4.78, 5) is 0. The van der Waals surface area contributed by atoms with Gasteiger partial charge in [0.25, 0.3) is 0 Å². The Balaban J connectivity index is 2.13. The summed E-state index contributed by atoms with van der Waals surface area (Å²) in [6.07, 6.45) is 13.0. The molecule has 1 aromatic carbocycles. The van der Waals surface area contributed by atoms with Crippen LogP contribution in [0.1, 0.15) is 77.2 Å². The van der Waals surface area contributed by atoms with E-state index in [-0.39, 0.29) is 0 Å². The first kappa shape index (κ1) is 17.1. The third-order valence-corrected chi connectivity index (χ3v) is 3.76. The molecule has 0 saturated heterocycles. The fraction of sp³-hybridized carbons (Fsp3) is 0.684. The van der Waals surface area contributed by atoms with Gasteiger partial charge in [0, 0.05) is 0 Å². The molecule has 20 heavy (non-hydrogen) atoms. The van der Waals surface area contributed by atoms with E-state index in [0.29, 0.717) is 0 Å². The van der Waals surface area contributed by atoms with E-state index >= 15 is 0 Å². The lowest BCUT2D eigenvalue weighted by Gasteiger charge is -2.07. The Morgan fingerprint density at radius 3 is 1.95 bits per heavy atom. The largest absolute Gasteiger partial charge is 0.494 e. The summed E-state index contributed by atoms with van der Waals surface area (Å²) in [5, 5.41) is 0. The molecule has 0 N–H and O–H groups in total. The zero-order valence-corrected chi connectivity index (χ0v) is 13.5. The Morgan fingerprint density at radius 2 is 1.30 bits per heavy atom. The lowest BCUT2D eigenvalue weighted by Crippen LogP contribution is -1.97. The molecule has 1 rings (SSSR count). The van der Waals surface area contributed by atoms with Gasteiger partial charge >= 0.3 is 0 Å². The van der Waals surface area contributed by atoms with Gasteiger partial charge in [-0.1, -0.05) is 70.9 Å². The van der Waals surface area contributed by atoms with Crippen LogP contribution in [0.5, 0.6) is 5.75 Å². The van der Waals surface area contributed by atoms with Crippen LogP contribution in [-0.4, -0.2) is 6.61 Å². The Morgan fingerprint density at radius 1 is 0.700 bits per heavy atom. The van der Waals surface area contributed by atoms with E-state index in [4.69, 9.17) is 4.74 Å². The van der Waals surface area contributed by atoms with Gasteiger partial charge in [-0.3, -0.25) is 0 Å². The predicted octanol–water partition coefficient (Wildman–Crippen LogP) is 6.16. The third kappa shape index (κ3) is 8.24. The smallest absolute Gasteiger partial charge is 0.119 e. The minimum Gasteiger partial charge on any atom is -0.494 e. The van der Waals surface area contributed by atoms with Crippen molar-refractivity contribution in [1.82, 2.24) is 0 Å². The van der Waals surface area contributed by atoms with Crippen LogP contribution >= 0.6 is 0 Å². The second-order valence-electron chi connectivity index (χ2n) is 5.72. The highest BCUT2D eigenvalue weighted by Gasteiger charge is 1.97. The minimum absolute atomic E-state index is 0.858. The lowest BCUT2D eigenvalue weighted by atomic mass is 10.1. The van der Waals surface area contributed by atoms with E-state index in [1.165, 1.54) is 69.8 Å².